The van der Waals surface area contributed by atoms with Gasteiger partial charge in [-0.2, -0.15) is 5.26 Å². The molecule has 0 saturated carbocycles. The fraction of sp³-hybridized carbons (Fsp3) is 0.118. The van der Waals surface area contributed by atoms with Gasteiger partial charge in [-0.1, -0.05) is 66.2 Å². The molecule has 0 aliphatic carbocycles. The molecule has 3 heteroatoms. The Morgan fingerprint density at radius 2 is 1.24 bits per heavy atom. The van der Waals surface area contributed by atoms with Gasteiger partial charge in [0.2, 0.25) is 5.69 Å². The molecule has 178 valence electrons. The summed E-state index contributed by atoms with van der Waals surface area (Å²) in [7, 11) is 2.06. The summed E-state index contributed by atoms with van der Waals surface area (Å²) >= 11 is 0. The highest BCUT2D eigenvalue weighted by molar-refractivity contribution is 6.14. The maximum Gasteiger partial charge on any atom is 0.216 e. The van der Waals surface area contributed by atoms with Crippen LogP contribution in [0.4, 0.5) is 0 Å². The third-order valence-electron chi connectivity index (χ3n) is 7.26. The molecule has 0 unspecified atom stereocenters. The second kappa shape index (κ2) is 8.76. The van der Waals surface area contributed by atoms with Crippen LogP contribution in [0.1, 0.15) is 22.3 Å². The van der Waals surface area contributed by atoms with Crippen molar-refractivity contribution in [2.45, 2.75) is 20.8 Å². The van der Waals surface area contributed by atoms with E-state index in [9.17, 15) is 5.26 Å². The summed E-state index contributed by atoms with van der Waals surface area (Å²) < 4.78 is 8.84. The summed E-state index contributed by atoms with van der Waals surface area (Å²) in [4.78, 5) is 0. The van der Waals surface area contributed by atoms with Gasteiger partial charge in [-0.3, -0.25) is 0 Å². The Labute approximate surface area is 216 Å². The summed E-state index contributed by atoms with van der Waals surface area (Å²) in [6, 6.07) is 31.8. The largest absolute Gasteiger partial charge is 0.454 e. The number of nitrogens with zero attached hydrogens (tertiary/aromatic N) is 2. The highest BCUT2D eigenvalue weighted by Crippen LogP contribution is 2.42. The van der Waals surface area contributed by atoms with Crippen molar-refractivity contribution < 1.29 is 8.98 Å². The number of fused-ring (bicyclic) bond motifs is 3. The van der Waals surface area contributed by atoms with Gasteiger partial charge in [0.15, 0.2) is 6.20 Å². The molecule has 6 aromatic rings. The summed E-state index contributed by atoms with van der Waals surface area (Å²) in [5, 5.41) is 12.1. The molecule has 0 spiro atoms. The Morgan fingerprint density at radius 3 is 1.92 bits per heavy atom. The van der Waals surface area contributed by atoms with Crippen LogP contribution >= 0.6 is 0 Å². The zero-order chi connectivity index (χ0) is 25.7. The van der Waals surface area contributed by atoms with Gasteiger partial charge in [0.05, 0.1) is 17.2 Å². The number of hydrogen-bond acceptors (Lipinski definition) is 2. The van der Waals surface area contributed by atoms with Gasteiger partial charge in [0.25, 0.3) is 0 Å². The molecule has 2 aromatic heterocycles. The average molecular weight is 480 g/mol. The van der Waals surface area contributed by atoms with Gasteiger partial charge in [-0.25, -0.2) is 4.57 Å². The highest BCUT2D eigenvalue weighted by Gasteiger charge is 2.23. The normalized spacial score (nSPS) is 11.2. The van der Waals surface area contributed by atoms with Crippen LogP contribution in [-0.4, -0.2) is 0 Å². The van der Waals surface area contributed by atoms with Crippen LogP contribution in [0.15, 0.2) is 95.5 Å². The topological polar surface area (TPSA) is 40.8 Å². The lowest BCUT2D eigenvalue weighted by atomic mass is 9.94. The van der Waals surface area contributed by atoms with Crippen molar-refractivity contribution in [2.24, 2.45) is 7.05 Å². The Balaban J connectivity index is 1.59. The number of nitriles is 1. The van der Waals surface area contributed by atoms with Gasteiger partial charge in [-0.05, 0) is 60.7 Å². The van der Waals surface area contributed by atoms with Crippen LogP contribution in [0.25, 0.3) is 55.4 Å². The molecule has 6 rings (SSSR count). The van der Waals surface area contributed by atoms with Crippen LogP contribution in [0.3, 0.4) is 0 Å². The van der Waals surface area contributed by atoms with Crippen molar-refractivity contribution in [3.63, 3.8) is 0 Å². The fourth-order valence-electron chi connectivity index (χ4n) is 5.20. The van der Waals surface area contributed by atoms with Crippen molar-refractivity contribution in [3.8, 4) is 39.6 Å². The Kier molecular flexibility index (Phi) is 5.39. The molecule has 0 saturated heterocycles. The van der Waals surface area contributed by atoms with E-state index in [4.69, 9.17) is 4.42 Å². The minimum Gasteiger partial charge on any atom is -0.454 e. The van der Waals surface area contributed by atoms with Gasteiger partial charge >= 0.3 is 0 Å². The molecule has 4 aromatic carbocycles. The first kappa shape index (κ1) is 22.8. The Bertz CT molecular complexity index is 1850. The summed E-state index contributed by atoms with van der Waals surface area (Å²) in [5.74, 6) is 0. The predicted octanol–water partition coefficient (Wildman–Crippen LogP) is 8.21. The Hall–Kier alpha value is -4.68. The van der Waals surface area contributed by atoms with Crippen molar-refractivity contribution in [1.82, 2.24) is 0 Å². The molecule has 0 bridgehead atoms. The van der Waals surface area contributed by atoms with Crippen molar-refractivity contribution in [2.75, 3.05) is 0 Å². The smallest absolute Gasteiger partial charge is 0.216 e. The number of hydrogen-bond donors (Lipinski definition) is 0. The maximum absolute atomic E-state index is 10.0. The van der Waals surface area contributed by atoms with E-state index in [1.165, 1.54) is 16.7 Å². The van der Waals surface area contributed by atoms with Crippen LogP contribution in [0.5, 0.6) is 0 Å². The number of rotatable bonds is 3. The summed E-state index contributed by atoms with van der Waals surface area (Å²) in [5.41, 5.74) is 12.1. The molecular weight excluding hydrogens is 452 g/mol. The maximum atomic E-state index is 10.0. The van der Waals surface area contributed by atoms with Crippen LogP contribution in [-0.2, 0) is 7.05 Å². The zero-order valence-corrected chi connectivity index (χ0v) is 21.5. The van der Waals surface area contributed by atoms with E-state index in [2.05, 4.69) is 117 Å². The van der Waals surface area contributed by atoms with E-state index >= 15 is 0 Å². The first-order valence-electron chi connectivity index (χ1n) is 12.5. The first-order chi connectivity index (χ1) is 17.9. The standard InChI is InChI=1S/C34H27N2O/c1-21-5-8-24(9-6-21)25-10-12-26(13-11-25)32-27(20-35)14-16-29-28-15-7-23(3)31(33(28)37-34(29)32)30-19-22(2)17-18-36(30)4/h5-19H,1-4H3/q+1. The quantitative estimate of drug-likeness (QED) is 0.240. The highest BCUT2D eigenvalue weighted by atomic mass is 16.3. The number of aryl methyl sites for hydroxylation is 4. The monoisotopic (exact) mass is 479 g/mol. The van der Waals surface area contributed by atoms with Crippen LogP contribution in [0, 0.1) is 32.1 Å². The molecule has 37 heavy (non-hydrogen) atoms. The molecule has 3 nitrogen and oxygen atoms in total. The van der Waals surface area contributed by atoms with E-state index in [1.807, 2.05) is 12.1 Å². The molecule has 0 radical (unpaired) electrons. The van der Waals surface area contributed by atoms with Gasteiger partial charge < -0.3 is 4.42 Å². The molecule has 0 fully saturated rings. The molecule has 0 aliphatic heterocycles. The van der Waals surface area contributed by atoms with E-state index in [0.717, 1.165) is 55.4 Å². The SMILES string of the molecule is Cc1ccc(-c2ccc(-c3c(C#N)ccc4c3oc3c(-c5cc(C)cc[n+]5C)c(C)ccc34)cc2)cc1. The lowest BCUT2D eigenvalue weighted by Gasteiger charge is -2.08. The number of pyridine rings is 1. The molecule has 0 aliphatic rings. The summed E-state index contributed by atoms with van der Waals surface area (Å²) in [6.45, 7) is 6.32. The third-order valence-corrected chi connectivity index (χ3v) is 7.26. The minimum atomic E-state index is 0.606. The van der Waals surface area contributed by atoms with E-state index in [0.29, 0.717) is 5.56 Å². The van der Waals surface area contributed by atoms with Crippen LogP contribution < -0.4 is 4.57 Å². The van der Waals surface area contributed by atoms with Gasteiger partial charge in [0, 0.05) is 28.5 Å². The second-order valence-corrected chi connectivity index (χ2v) is 9.86. The molecule has 0 amide bonds. The minimum absolute atomic E-state index is 0.606. The van der Waals surface area contributed by atoms with Gasteiger partial charge in [-0.15, -0.1) is 0 Å². The lowest BCUT2D eigenvalue weighted by Crippen LogP contribution is -2.30. The van der Waals surface area contributed by atoms with Crippen molar-refractivity contribution in [1.29, 1.82) is 5.26 Å². The third kappa shape index (κ3) is 3.79. The fourth-order valence-corrected chi connectivity index (χ4v) is 5.20. The molecule has 2 heterocycles. The molecule has 0 atom stereocenters. The molecular formula is C34H27N2O+. The number of aromatic nitrogens is 1. The second-order valence-electron chi connectivity index (χ2n) is 9.86. The van der Waals surface area contributed by atoms with Gasteiger partial charge in [0.1, 0.15) is 18.2 Å². The lowest BCUT2D eigenvalue weighted by molar-refractivity contribution is -0.660. The predicted molar refractivity (Wildman–Crippen MR) is 150 cm³/mol. The van der Waals surface area contributed by atoms with Crippen LogP contribution in [0.2, 0.25) is 0 Å². The van der Waals surface area contributed by atoms with Crippen molar-refractivity contribution >= 4 is 21.9 Å². The summed E-state index contributed by atoms with van der Waals surface area (Å²) in [6.07, 6.45) is 2.08. The first-order valence-corrected chi connectivity index (χ1v) is 12.5. The van der Waals surface area contributed by atoms with E-state index in [-0.39, 0.29) is 0 Å². The van der Waals surface area contributed by atoms with Crippen molar-refractivity contribution in [3.05, 3.63) is 113 Å². The number of furan rings is 1. The molecule has 0 N–H and O–H groups in total. The Morgan fingerprint density at radius 1 is 0.649 bits per heavy atom. The number of benzene rings is 4. The van der Waals surface area contributed by atoms with E-state index in [1.54, 1.807) is 0 Å². The zero-order valence-electron chi connectivity index (χ0n) is 21.5. The van der Waals surface area contributed by atoms with E-state index < -0.39 is 0 Å². The average Bonchev–Trinajstić information content (AvgIpc) is 3.29.